The number of anilines is 1. The van der Waals surface area contributed by atoms with E-state index in [1.165, 1.54) is 17.7 Å². The molecular weight excluding hydrogens is 372 g/mol. The molecule has 4 rings (SSSR count). The number of hydrogen-bond donors (Lipinski definition) is 2. The summed E-state index contributed by atoms with van der Waals surface area (Å²) >= 11 is 1.27. The minimum Gasteiger partial charge on any atom is -0.397 e. The second-order valence-corrected chi connectivity index (χ2v) is 7.44. The molecule has 0 aliphatic heterocycles. The molecule has 0 saturated heterocycles. The van der Waals surface area contributed by atoms with Crippen LogP contribution in [0.1, 0.15) is 26.5 Å². The van der Waals surface area contributed by atoms with Gasteiger partial charge in [-0.3, -0.25) is 4.79 Å². The lowest BCUT2D eigenvalue weighted by Crippen LogP contribution is -2.22. The van der Waals surface area contributed by atoms with Gasteiger partial charge in [0.25, 0.3) is 5.91 Å². The highest BCUT2D eigenvalue weighted by molar-refractivity contribution is 7.21. The van der Waals surface area contributed by atoms with Gasteiger partial charge in [0.2, 0.25) is 0 Å². The number of nitrogens with one attached hydrogen (secondary N) is 1. The van der Waals surface area contributed by atoms with Crippen LogP contribution in [0.5, 0.6) is 0 Å². The number of benzene rings is 1. The van der Waals surface area contributed by atoms with E-state index in [2.05, 4.69) is 25.5 Å². The Kier molecular flexibility index (Phi) is 4.70. The van der Waals surface area contributed by atoms with E-state index < -0.39 is 0 Å². The quantitative estimate of drug-likeness (QED) is 0.554. The van der Waals surface area contributed by atoms with E-state index in [1.54, 1.807) is 12.4 Å². The SMILES string of the molecule is Cc1nnc2sc(C(=O)NCc3ccc(-c4cncnc4)cc3)c(N)c2c1C. The molecule has 7 nitrogen and oxygen atoms in total. The molecule has 0 atom stereocenters. The fraction of sp³-hybridized carbons (Fsp3) is 0.150. The maximum absolute atomic E-state index is 12.6. The van der Waals surface area contributed by atoms with Crippen molar-refractivity contribution < 1.29 is 4.79 Å². The predicted octanol–water partition coefficient (Wildman–Crippen LogP) is 3.28. The molecule has 28 heavy (non-hydrogen) atoms. The van der Waals surface area contributed by atoms with Crippen LogP contribution in [0.4, 0.5) is 5.69 Å². The van der Waals surface area contributed by atoms with E-state index in [0.29, 0.717) is 21.9 Å². The summed E-state index contributed by atoms with van der Waals surface area (Å²) in [4.78, 5) is 21.8. The van der Waals surface area contributed by atoms with Crippen LogP contribution in [-0.2, 0) is 6.54 Å². The monoisotopic (exact) mass is 390 g/mol. The van der Waals surface area contributed by atoms with Crippen molar-refractivity contribution >= 4 is 33.1 Å². The lowest BCUT2D eigenvalue weighted by molar-refractivity contribution is 0.0956. The molecule has 0 aliphatic carbocycles. The first-order chi connectivity index (χ1) is 13.5. The van der Waals surface area contributed by atoms with E-state index in [4.69, 9.17) is 5.73 Å². The van der Waals surface area contributed by atoms with Crippen molar-refractivity contribution in [1.82, 2.24) is 25.5 Å². The second-order valence-electron chi connectivity index (χ2n) is 6.44. The van der Waals surface area contributed by atoms with Crippen molar-refractivity contribution in [3.05, 3.63) is 64.7 Å². The number of nitrogens with two attached hydrogens (primary N) is 1. The second kappa shape index (κ2) is 7.32. The number of carbonyl (C=O) groups is 1. The zero-order valence-corrected chi connectivity index (χ0v) is 16.2. The number of aryl methyl sites for hydroxylation is 2. The summed E-state index contributed by atoms with van der Waals surface area (Å²) in [6.07, 6.45) is 5.03. The van der Waals surface area contributed by atoms with Gasteiger partial charge in [0, 0.05) is 29.9 Å². The predicted molar refractivity (Wildman–Crippen MR) is 110 cm³/mol. The van der Waals surface area contributed by atoms with E-state index >= 15 is 0 Å². The van der Waals surface area contributed by atoms with Crippen LogP contribution in [0.2, 0.25) is 0 Å². The Bertz CT molecular complexity index is 1160. The first-order valence-corrected chi connectivity index (χ1v) is 9.50. The summed E-state index contributed by atoms with van der Waals surface area (Å²) in [6, 6.07) is 7.90. The normalized spacial score (nSPS) is 10.9. The van der Waals surface area contributed by atoms with Gasteiger partial charge in [-0.2, -0.15) is 5.10 Å². The summed E-state index contributed by atoms with van der Waals surface area (Å²) in [5.74, 6) is -0.210. The maximum atomic E-state index is 12.6. The van der Waals surface area contributed by atoms with Gasteiger partial charge in [0.1, 0.15) is 16.0 Å². The number of aromatic nitrogens is 4. The number of amides is 1. The number of carbonyl (C=O) groups excluding carboxylic acids is 1. The lowest BCUT2D eigenvalue weighted by Gasteiger charge is -2.06. The van der Waals surface area contributed by atoms with Gasteiger partial charge in [-0.1, -0.05) is 24.3 Å². The molecule has 0 bridgehead atoms. The summed E-state index contributed by atoms with van der Waals surface area (Å²) < 4.78 is 0. The van der Waals surface area contributed by atoms with E-state index in [0.717, 1.165) is 33.3 Å². The zero-order chi connectivity index (χ0) is 19.7. The number of hydrogen-bond acceptors (Lipinski definition) is 7. The number of nitrogen functional groups attached to an aromatic ring is 1. The van der Waals surface area contributed by atoms with E-state index in [9.17, 15) is 4.79 Å². The molecule has 1 aromatic carbocycles. The molecule has 3 aromatic heterocycles. The van der Waals surface area contributed by atoms with Crippen LogP contribution in [0.25, 0.3) is 21.3 Å². The molecule has 140 valence electrons. The van der Waals surface area contributed by atoms with Crippen molar-refractivity contribution in [2.75, 3.05) is 5.73 Å². The highest BCUT2D eigenvalue weighted by atomic mass is 32.1. The fourth-order valence-electron chi connectivity index (χ4n) is 2.94. The molecule has 8 heteroatoms. The summed E-state index contributed by atoms with van der Waals surface area (Å²) in [5, 5.41) is 12.0. The highest BCUT2D eigenvalue weighted by Gasteiger charge is 2.19. The molecule has 0 radical (unpaired) electrons. The van der Waals surface area contributed by atoms with Gasteiger partial charge >= 0.3 is 0 Å². The van der Waals surface area contributed by atoms with Crippen molar-refractivity contribution in [1.29, 1.82) is 0 Å². The van der Waals surface area contributed by atoms with Gasteiger partial charge in [0.05, 0.1) is 11.4 Å². The Labute approximate surface area is 165 Å². The van der Waals surface area contributed by atoms with Gasteiger partial charge in [-0.05, 0) is 30.5 Å². The molecule has 0 unspecified atom stereocenters. The lowest BCUT2D eigenvalue weighted by atomic mass is 10.1. The minimum absolute atomic E-state index is 0.210. The molecule has 3 heterocycles. The third kappa shape index (κ3) is 3.29. The topological polar surface area (TPSA) is 107 Å². The molecule has 0 fully saturated rings. The Hall–Kier alpha value is -3.39. The molecule has 1 amide bonds. The summed E-state index contributed by atoms with van der Waals surface area (Å²) in [5.41, 5.74) is 11.4. The van der Waals surface area contributed by atoms with Crippen LogP contribution in [0, 0.1) is 13.8 Å². The zero-order valence-electron chi connectivity index (χ0n) is 15.4. The maximum Gasteiger partial charge on any atom is 0.263 e. The Morgan fingerprint density at radius 3 is 2.50 bits per heavy atom. The van der Waals surface area contributed by atoms with Gasteiger partial charge in [-0.15, -0.1) is 16.4 Å². The van der Waals surface area contributed by atoms with Crippen LogP contribution in [0.3, 0.4) is 0 Å². The first kappa shape index (κ1) is 18.0. The molecular formula is C20H18N6OS. The summed E-state index contributed by atoms with van der Waals surface area (Å²) in [7, 11) is 0. The largest absolute Gasteiger partial charge is 0.397 e. The van der Waals surface area contributed by atoms with E-state index in [-0.39, 0.29) is 5.91 Å². The average molecular weight is 390 g/mol. The molecule has 3 N–H and O–H groups in total. The number of fused-ring (bicyclic) bond motifs is 1. The van der Waals surface area contributed by atoms with E-state index in [1.807, 2.05) is 38.1 Å². The average Bonchev–Trinajstić information content (AvgIpc) is 3.07. The van der Waals surface area contributed by atoms with Crippen molar-refractivity contribution in [3.63, 3.8) is 0 Å². The smallest absolute Gasteiger partial charge is 0.263 e. The Morgan fingerprint density at radius 2 is 1.79 bits per heavy atom. The van der Waals surface area contributed by atoms with Gasteiger partial charge < -0.3 is 11.1 Å². The minimum atomic E-state index is -0.210. The standard InChI is InChI=1S/C20H18N6OS/c1-11-12(2)25-26-20-16(11)17(21)18(28-20)19(27)24-7-13-3-5-14(6-4-13)15-8-22-10-23-9-15/h3-6,8-10H,7,21H2,1-2H3,(H,24,27). The van der Waals surface area contributed by atoms with Crippen molar-refractivity contribution in [2.24, 2.45) is 0 Å². The number of rotatable bonds is 4. The third-order valence-corrected chi connectivity index (χ3v) is 5.73. The Balaban J connectivity index is 1.50. The summed E-state index contributed by atoms with van der Waals surface area (Å²) in [6.45, 7) is 4.22. The van der Waals surface area contributed by atoms with Gasteiger partial charge in [0.15, 0.2) is 0 Å². The van der Waals surface area contributed by atoms with Crippen molar-refractivity contribution in [3.8, 4) is 11.1 Å². The third-order valence-electron chi connectivity index (χ3n) is 4.64. The molecule has 0 saturated carbocycles. The van der Waals surface area contributed by atoms with Crippen LogP contribution in [-0.4, -0.2) is 26.1 Å². The molecule has 4 aromatic rings. The van der Waals surface area contributed by atoms with Crippen molar-refractivity contribution in [2.45, 2.75) is 20.4 Å². The molecule has 0 aliphatic rings. The number of thiophene rings is 1. The van der Waals surface area contributed by atoms with Crippen LogP contribution in [0.15, 0.2) is 43.0 Å². The Morgan fingerprint density at radius 1 is 1.07 bits per heavy atom. The number of nitrogens with zero attached hydrogens (tertiary/aromatic N) is 4. The van der Waals surface area contributed by atoms with Crippen LogP contribution < -0.4 is 11.1 Å². The highest BCUT2D eigenvalue weighted by Crippen LogP contribution is 2.34. The first-order valence-electron chi connectivity index (χ1n) is 8.69. The van der Waals surface area contributed by atoms with Crippen LogP contribution >= 0.6 is 11.3 Å². The van der Waals surface area contributed by atoms with Gasteiger partial charge in [-0.25, -0.2) is 9.97 Å². The fourth-order valence-corrected chi connectivity index (χ4v) is 3.95. The molecule has 0 spiro atoms.